The van der Waals surface area contributed by atoms with E-state index in [1.807, 2.05) is 24.3 Å². The van der Waals surface area contributed by atoms with Crippen molar-refractivity contribution in [3.8, 4) is 5.75 Å². The Morgan fingerprint density at radius 3 is 2.28 bits per heavy atom. The Kier molecular flexibility index (Phi) is 5.36. The van der Waals surface area contributed by atoms with Crippen LogP contribution in [0.15, 0.2) is 24.3 Å². The molecule has 134 valence electrons. The van der Waals surface area contributed by atoms with Gasteiger partial charge in [0.1, 0.15) is 5.75 Å². The van der Waals surface area contributed by atoms with Gasteiger partial charge in [-0.1, -0.05) is 25.0 Å². The lowest BCUT2D eigenvalue weighted by molar-refractivity contribution is -0.140. The van der Waals surface area contributed by atoms with E-state index in [4.69, 9.17) is 4.74 Å². The Hall–Kier alpha value is -2.37. The zero-order chi connectivity index (χ0) is 17.8. The van der Waals surface area contributed by atoms with Crippen molar-refractivity contribution in [1.29, 1.82) is 0 Å². The molecule has 2 atom stereocenters. The van der Waals surface area contributed by atoms with Crippen LogP contribution >= 0.6 is 0 Å². The van der Waals surface area contributed by atoms with Crippen molar-refractivity contribution in [3.05, 3.63) is 29.8 Å². The Bertz CT molecular complexity index is 632. The maximum atomic E-state index is 12.4. The van der Waals surface area contributed by atoms with E-state index in [-0.39, 0.29) is 42.5 Å². The topological polar surface area (TPSA) is 75.7 Å². The van der Waals surface area contributed by atoms with Crippen LogP contribution in [0.1, 0.15) is 37.7 Å². The fourth-order valence-electron chi connectivity index (χ4n) is 3.70. The van der Waals surface area contributed by atoms with Crippen molar-refractivity contribution < 1.29 is 19.1 Å². The van der Waals surface area contributed by atoms with Crippen molar-refractivity contribution in [1.82, 2.24) is 10.2 Å². The summed E-state index contributed by atoms with van der Waals surface area (Å²) in [5.74, 6) is 0.136. The van der Waals surface area contributed by atoms with Crippen molar-refractivity contribution >= 4 is 17.7 Å². The van der Waals surface area contributed by atoms with Crippen LogP contribution in [0.2, 0.25) is 0 Å². The van der Waals surface area contributed by atoms with E-state index < -0.39 is 0 Å². The number of hydrogen-bond acceptors (Lipinski definition) is 4. The zero-order valence-electron chi connectivity index (χ0n) is 14.5. The number of rotatable bonds is 6. The van der Waals surface area contributed by atoms with E-state index in [9.17, 15) is 14.4 Å². The predicted molar refractivity (Wildman–Crippen MR) is 91.6 cm³/mol. The molecule has 1 aliphatic heterocycles. The van der Waals surface area contributed by atoms with Crippen LogP contribution in [-0.2, 0) is 20.9 Å². The summed E-state index contributed by atoms with van der Waals surface area (Å²) in [5.41, 5.74) is 0.966. The average molecular weight is 344 g/mol. The predicted octanol–water partition coefficient (Wildman–Crippen LogP) is 1.88. The van der Waals surface area contributed by atoms with Gasteiger partial charge in [-0.05, 0) is 30.5 Å². The van der Waals surface area contributed by atoms with Gasteiger partial charge in [-0.15, -0.1) is 0 Å². The smallest absolute Gasteiger partial charge is 0.233 e. The third kappa shape index (κ3) is 3.83. The lowest BCUT2D eigenvalue weighted by Gasteiger charge is -2.19. The van der Waals surface area contributed by atoms with Crippen LogP contribution in [0.3, 0.4) is 0 Å². The molecule has 3 rings (SSSR count). The summed E-state index contributed by atoms with van der Waals surface area (Å²) in [6, 6.07) is 7.45. The summed E-state index contributed by atoms with van der Waals surface area (Å²) in [4.78, 5) is 38.1. The number of ether oxygens (including phenoxy) is 1. The summed E-state index contributed by atoms with van der Waals surface area (Å²) in [5, 5.41) is 2.82. The summed E-state index contributed by atoms with van der Waals surface area (Å²) in [6.07, 6.45) is 3.77. The highest BCUT2D eigenvalue weighted by molar-refractivity contribution is 6.05. The number of carbonyl (C=O) groups excluding carboxylic acids is 3. The maximum Gasteiger partial charge on any atom is 0.233 e. The van der Waals surface area contributed by atoms with Crippen LogP contribution in [-0.4, -0.2) is 36.3 Å². The van der Waals surface area contributed by atoms with Gasteiger partial charge in [0.2, 0.25) is 17.7 Å². The number of likely N-dealkylation sites (tertiary alicyclic amines) is 1. The van der Waals surface area contributed by atoms with E-state index >= 15 is 0 Å². The number of methoxy groups -OCH3 is 1. The molecule has 0 unspecified atom stereocenters. The third-order valence-corrected chi connectivity index (χ3v) is 5.14. The van der Waals surface area contributed by atoms with Gasteiger partial charge in [0.05, 0.1) is 18.9 Å². The molecule has 6 heteroatoms. The second-order valence-electron chi connectivity index (χ2n) is 6.70. The number of benzene rings is 1. The Morgan fingerprint density at radius 2 is 1.72 bits per heavy atom. The SMILES string of the molecule is COc1ccc(CNC(=O)CCN2C(=O)[C@H]3CCCC[C@H]3C2=O)cc1. The summed E-state index contributed by atoms with van der Waals surface area (Å²) < 4.78 is 5.09. The van der Waals surface area contributed by atoms with Gasteiger partial charge >= 0.3 is 0 Å². The molecule has 0 bridgehead atoms. The van der Waals surface area contributed by atoms with Gasteiger partial charge in [0, 0.05) is 19.5 Å². The lowest BCUT2D eigenvalue weighted by atomic mass is 9.81. The van der Waals surface area contributed by atoms with Crippen molar-refractivity contribution in [2.45, 2.75) is 38.6 Å². The molecule has 0 spiro atoms. The molecular formula is C19H24N2O4. The highest BCUT2D eigenvalue weighted by atomic mass is 16.5. The molecule has 1 heterocycles. The number of amides is 3. The quantitative estimate of drug-likeness (QED) is 0.800. The molecule has 1 aromatic carbocycles. The van der Waals surface area contributed by atoms with Gasteiger partial charge in [-0.25, -0.2) is 0 Å². The Morgan fingerprint density at radius 1 is 1.12 bits per heavy atom. The first kappa shape index (κ1) is 17.5. The second-order valence-corrected chi connectivity index (χ2v) is 6.70. The van der Waals surface area contributed by atoms with Crippen molar-refractivity contribution in [2.24, 2.45) is 11.8 Å². The molecule has 2 aliphatic rings. The van der Waals surface area contributed by atoms with Gasteiger partial charge < -0.3 is 10.1 Å². The highest BCUT2D eigenvalue weighted by Gasteiger charge is 2.47. The van der Waals surface area contributed by atoms with E-state index in [1.165, 1.54) is 4.90 Å². The number of nitrogens with zero attached hydrogens (tertiary/aromatic N) is 1. The maximum absolute atomic E-state index is 12.4. The molecule has 1 aromatic rings. The Balaban J connectivity index is 1.47. The zero-order valence-corrected chi connectivity index (χ0v) is 14.5. The standard InChI is InChI=1S/C19H24N2O4/c1-25-14-8-6-13(7-9-14)12-20-17(22)10-11-21-18(23)15-4-2-3-5-16(15)19(21)24/h6-9,15-16H,2-5,10-12H2,1H3,(H,20,22)/t15-,16+. The first-order valence-electron chi connectivity index (χ1n) is 8.85. The molecule has 1 aliphatic carbocycles. The molecule has 6 nitrogen and oxygen atoms in total. The van der Waals surface area contributed by atoms with Gasteiger partial charge in [-0.2, -0.15) is 0 Å². The molecule has 0 aromatic heterocycles. The first-order valence-corrected chi connectivity index (χ1v) is 8.85. The van der Waals surface area contributed by atoms with Crippen LogP contribution < -0.4 is 10.1 Å². The van der Waals surface area contributed by atoms with E-state index in [1.54, 1.807) is 7.11 Å². The number of hydrogen-bond donors (Lipinski definition) is 1. The van der Waals surface area contributed by atoms with E-state index in [2.05, 4.69) is 5.32 Å². The molecule has 3 amide bonds. The molecular weight excluding hydrogens is 320 g/mol. The Labute approximate surface area is 147 Å². The lowest BCUT2D eigenvalue weighted by Crippen LogP contribution is -2.35. The summed E-state index contributed by atoms with van der Waals surface area (Å²) >= 11 is 0. The second kappa shape index (κ2) is 7.68. The fraction of sp³-hybridized carbons (Fsp3) is 0.526. The minimum atomic E-state index is -0.161. The summed E-state index contributed by atoms with van der Waals surface area (Å²) in [6.45, 7) is 0.592. The fourth-order valence-corrected chi connectivity index (χ4v) is 3.70. The molecule has 1 saturated carbocycles. The first-order chi connectivity index (χ1) is 12.1. The monoisotopic (exact) mass is 344 g/mol. The summed E-state index contributed by atoms with van der Waals surface area (Å²) in [7, 11) is 1.61. The molecule has 2 fully saturated rings. The van der Waals surface area contributed by atoms with Crippen LogP contribution in [0.25, 0.3) is 0 Å². The van der Waals surface area contributed by atoms with Gasteiger partial charge in [-0.3, -0.25) is 19.3 Å². The van der Waals surface area contributed by atoms with Crippen LogP contribution in [0, 0.1) is 11.8 Å². The molecule has 1 N–H and O–H groups in total. The number of imide groups is 1. The number of nitrogens with one attached hydrogen (secondary N) is 1. The minimum Gasteiger partial charge on any atom is -0.497 e. The van der Waals surface area contributed by atoms with Gasteiger partial charge in [0.15, 0.2) is 0 Å². The van der Waals surface area contributed by atoms with Crippen LogP contribution in [0.4, 0.5) is 0 Å². The highest BCUT2D eigenvalue weighted by Crippen LogP contribution is 2.37. The normalized spacial score (nSPS) is 22.7. The van der Waals surface area contributed by atoms with Crippen molar-refractivity contribution in [2.75, 3.05) is 13.7 Å². The molecule has 1 saturated heterocycles. The van der Waals surface area contributed by atoms with Crippen LogP contribution in [0.5, 0.6) is 5.75 Å². The number of carbonyl (C=O) groups is 3. The molecule has 25 heavy (non-hydrogen) atoms. The molecule has 0 radical (unpaired) electrons. The van der Waals surface area contributed by atoms with E-state index in [0.717, 1.165) is 37.0 Å². The minimum absolute atomic E-state index is 0.0855. The third-order valence-electron chi connectivity index (χ3n) is 5.14. The van der Waals surface area contributed by atoms with E-state index in [0.29, 0.717) is 6.54 Å². The van der Waals surface area contributed by atoms with Gasteiger partial charge in [0.25, 0.3) is 0 Å². The van der Waals surface area contributed by atoms with Crippen molar-refractivity contribution in [3.63, 3.8) is 0 Å². The largest absolute Gasteiger partial charge is 0.497 e. The average Bonchev–Trinajstić information content (AvgIpc) is 2.89. The number of fused-ring (bicyclic) bond motifs is 1.